The quantitative estimate of drug-likeness (QED) is 0.322. The summed E-state index contributed by atoms with van der Waals surface area (Å²) in [6.07, 6.45) is 3.75. The van der Waals surface area contributed by atoms with Gasteiger partial charge in [-0.15, -0.1) is 0 Å². The van der Waals surface area contributed by atoms with Gasteiger partial charge in [-0.2, -0.15) is 9.97 Å². The number of hydrogen-bond acceptors (Lipinski definition) is 9. The minimum atomic E-state index is 0.331. The number of nitrogens with zero attached hydrogens (tertiary/aromatic N) is 5. The van der Waals surface area contributed by atoms with Crippen LogP contribution in [0.1, 0.15) is 18.4 Å². The number of aromatic nitrogens is 4. The number of likely N-dealkylation sites (tertiary alicyclic amines) is 1. The zero-order valence-electron chi connectivity index (χ0n) is 21.7. The van der Waals surface area contributed by atoms with Gasteiger partial charge in [0.05, 0.1) is 26.7 Å². The van der Waals surface area contributed by atoms with Crippen molar-refractivity contribution in [2.24, 2.45) is 0 Å². The number of piperidine rings is 1. The molecule has 4 aromatic rings. The molecule has 0 bridgehead atoms. The van der Waals surface area contributed by atoms with Crippen molar-refractivity contribution < 1.29 is 9.47 Å². The van der Waals surface area contributed by atoms with E-state index in [9.17, 15) is 0 Å². The Morgan fingerprint density at radius 1 is 0.974 bits per heavy atom. The summed E-state index contributed by atoms with van der Waals surface area (Å²) in [6, 6.07) is 17.1. The summed E-state index contributed by atoms with van der Waals surface area (Å²) in [4.78, 5) is 21.9. The Morgan fingerprint density at radius 2 is 1.74 bits per heavy atom. The van der Waals surface area contributed by atoms with Gasteiger partial charge in [0, 0.05) is 50.1 Å². The largest absolute Gasteiger partial charge is 0.497 e. The second kappa shape index (κ2) is 11.2. The third kappa shape index (κ3) is 5.66. The van der Waals surface area contributed by atoms with Crippen molar-refractivity contribution >= 4 is 34.3 Å². The second-order valence-corrected chi connectivity index (χ2v) is 9.81. The predicted molar refractivity (Wildman–Crippen MR) is 149 cm³/mol. The van der Waals surface area contributed by atoms with E-state index < -0.39 is 0 Å². The van der Waals surface area contributed by atoms with E-state index in [2.05, 4.69) is 71.8 Å². The zero-order valence-corrected chi connectivity index (χ0v) is 21.7. The fourth-order valence-electron chi connectivity index (χ4n) is 5.12. The molecule has 2 aliphatic rings. The zero-order chi connectivity index (χ0) is 25.7. The Hall–Kier alpha value is -3.89. The van der Waals surface area contributed by atoms with Crippen molar-refractivity contribution in [3.05, 3.63) is 60.4 Å². The van der Waals surface area contributed by atoms with E-state index >= 15 is 0 Å². The van der Waals surface area contributed by atoms with E-state index in [1.54, 1.807) is 13.4 Å². The van der Waals surface area contributed by atoms with Crippen LogP contribution in [0.4, 0.5) is 23.1 Å². The van der Waals surface area contributed by atoms with E-state index in [0.29, 0.717) is 17.6 Å². The molecule has 0 aliphatic carbocycles. The number of fused-ring (bicyclic) bond motifs is 1. The predicted octanol–water partition coefficient (Wildman–Crippen LogP) is 4.02. The van der Waals surface area contributed by atoms with E-state index in [1.165, 1.54) is 11.3 Å². The first kappa shape index (κ1) is 24.4. The Bertz CT molecular complexity index is 1330. The van der Waals surface area contributed by atoms with Crippen LogP contribution in [0.5, 0.6) is 5.75 Å². The molecule has 10 heteroatoms. The molecule has 0 atom stereocenters. The van der Waals surface area contributed by atoms with Crippen molar-refractivity contribution in [2.75, 3.05) is 62.0 Å². The van der Waals surface area contributed by atoms with E-state index in [4.69, 9.17) is 14.5 Å². The highest BCUT2D eigenvalue weighted by molar-refractivity contribution is 5.84. The lowest BCUT2D eigenvalue weighted by Gasteiger charge is -2.32. The van der Waals surface area contributed by atoms with Crippen LogP contribution in [0.3, 0.4) is 0 Å². The molecule has 2 saturated heterocycles. The summed E-state index contributed by atoms with van der Waals surface area (Å²) < 4.78 is 10.7. The number of imidazole rings is 1. The number of anilines is 4. The first-order valence-electron chi connectivity index (χ1n) is 13.3. The molecule has 198 valence electrons. The van der Waals surface area contributed by atoms with Crippen molar-refractivity contribution in [3.63, 3.8) is 0 Å². The molecule has 2 aliphatic heterocycles. The third-order valence-electron chi connectivity index (χ3n) is 7.27. The van der Waals surface area contributed by atoms with Crippen LogP contribution in [-0.2, 0) is 11.3 Å². The molecule has 10 nitrogen and oxygen atoms in total. The normalized spacial score (nSPS) is 17.0. The maximum atomic E-state index is 5.46. The van der Waals surface area contributed by atoms with E-state index in [1.807, 2.05) is 12.1 Å². The Labute approximate surface area is 222 Å². The lowest BCUT2D eigenvalue weighted by molar-refractivity contribution is 0.122. The van der Waals surface area contributed by atoms with Gasteiger partial charge in [-0.05, 0) is 54.8 Å². The first-order valence-corrected chi connectivity index (χ1v) is 13.3. The number of morpholine rings is 1. The SMILES string of the molecule is COc1ccc(CN2CCC(Nc3nc(Nc4ccc(N5CCOCC5)cc4)nc4[nH]cnc34)CC2)cc1. The summed E-state index contributed by atoms with van der Waals surface area (Å²) in [7, 11) is 1.70. The molecule has 2 aromatic heterocycles. The minimum absolute atomic E-state index is 0.331. The van der Waals surface area contributed by atoms with Gasteiger partial charge >= 0.3 is 0 Å². The highest BCUT2D eigenvalue weighted by Gasteiger charge is 2.21. The second-order valence-electron chi connectivity index (χ2n) is 9.81. The Morgan fingerprint density at radius 3 is 2.47 bits per heavy atom. The molecular formula is C28H34N8O2. The standard InChI is InChI=1S/C28H34N8O2/c1-37-24-8-2-20(3-9-24)18-35-12-10-22(11-13-35)31-27-25-26(30-19-29-25)33-28(34-27)32-21-4-6-23(7-5-21)36-14-16-38-17-15-36/h2-9,19,22H,10-18H2,1H3,(H3,29,30,31,32,33,34). The molecule has 2 fully saturated rings. The van der Waals surface area contributed by atoms with Crippen LogP contribution in [0.2, 0.25) is 0 Å². The van der Waals surface area contributed by atoms with Crippen molar-refractivity contribution in [1.82, 2.24) is 24.8 Å². The van der Waals surface area contributed by atoms with Crippen LogP contribution >= 0.6 is 0 Å². The summed E-state index contributed by atoms with van der Waals surface area (Å²) in [6.45, 7) is 6.39. The van der Waals surface area contributed by atoms with Gasteiger partial charge < -0.3 is 30.0 Å². The van der Waals surface area contributed by atoms with Crippen LogP contribution in [-0.4, -0.2) is 77.4 Å². The molecule has 38 heavy (non-hydrogen) atoms. The number of aromatic amines is 1. The van der Waals surface area contributed by atoms with Gasteiger partial charge in [-0.3, -0.25) is 4.90 Å². The first-order chi connectivity index (χ1) is 18.7. The number of H-pyrrole nitrogens is 1. The van der Waals surface area contributed by atoms with Crippen LogP contribution in [0.25, 0.3) is 11.2 Å². The Balaban J connectivity index is 1.09. The van der Waals surface area contributed by atoms with E-state index in [0.717, 1.165) is 81.6 Å². The molecule has 0 unspecified atom stereocenters. The van der Waals surface area contributed by atoms with Crippen LogP contribution in [0, 0.1) is 0 Å². The maximum absolute atomic E-state index is 5.46. The van der Waals surface area contributed by atoms with Crippen molar-refractivity contribution in [2.45, 2.75) is 25.4 Å². The van der Waals surface area contributed by atoms with Gasteiger partial charge in [0.2, 0.25) is 5.95 Å². The van der Waals surface area contributed by atoms with Gasteiger partial charge in [0.15, 0.2) is 11.5 Å². The molecule has 4 heterocycles. The Kier molecular flexibility index (Phi) is 7.23. The highest BCUT2D eigenvalue weighted by atomic mass is 16.5. The number of hydrogen-bond donors (Lipinski definition) is 3. The van der Waals surface area contributed by atoms with Crippen LogP contribution < -0.4 is 20.3 Å². The smallest absolute Gasteiger partial charge is 0.231 e. The molecule has 6 rings (SSSR count). The topological polar surface area (TPSA) is 103 Å². The van der Waals surface area contributed by atoms with E-state index in [-0.39, 0.29) is 0 Å². The monoisotopic (exact) mass is 514 g/mol. The van der Waals surface area contributed by atoms with Gasteiger partial charge in [0.25, 0.3) is 0 Å². The van der Waals surface area contributed by atoms with Gasteiger partial charge in [-0.1, -0.05) is 12.1 Å². The summed E-state index contributed by atoms with van der Waals surface area (Å²) in [5, 5.41) is 7.02. The molecule has 3 N–H and O–H groups in total. The number of benzene rings is 2. The summed E-state index contributed by atoms with van der Waals surface area (Å²) in [5.41, 5.74) is 4.92. The third-order valence-corrected chi connectivity index (χ3v) is 7.27. The fraction of sp³-hybridized carbons (Fsp3) is 0.393. The average molecular weight is 515 g/mol. The lowest BCUT2D eigenvalue weighted by atomic mass is 10.0. The number of ether oxygens (including phenoxy) is 2. The highest BCUT2D eigenvalue weighted by Crippen LogP contribution is 2.26. The maximum Gasteiger partial charge on any atom is 0.231 e. The fourth-order valence-corrected chi connectivity index (χ4v) is 5.12. The van der Waals surface area contributed by atoms with Crippen molar-refractivity contribution in [3.8, 4) is 5.75 Å². The van der Waals surface area contributed by atoms with Gasteiger partial charge in [-0.25, -0.2) is 4.98 Å². The van der Waals surface area contributed by atoms with Crippen molar-refractivity contribution in [1.29, 1.82) is 0 Å². The molecule has 0 amide bonds. The minimum Gasteiger partial charge on any atom is -0.497 e. The number of nitrogens with one attached hydrogen (secondary N) is 3. The number of rotatable bonds is 8. The summed E-state index contributed by atoms with van der Waals surface area (Å²) in [5.74, 6) is 2.20. The number of methoxy groups -OCH3 is 1. The summed E-state index contributed by atoms with van der Waals surface area (Å²) >= 11 is 0. The molecular weight excluding hydrogens is 480 g/mol. The molecule has 0 saturated carbocycles. The van der Waals surface area contributed by atoms with Crippen LogP contribution in [0.15, 0.2) is 54.9 Å². The molecule has 0 spiro atoms. The molecule has 0 radical (unpaired) electrons. The van der Waals surface area contributed by atoms with Gasteiger partial charge in [0.1, 0.15) is 11.3 Å². The average Bonchev–Trinajstić information content (AvgIpc) is 3.45. The lowest BCUT2D eigenvalue weighted by Crippen LogP contribution is -2.38. The molecule has 2 aromatic carbocycles.